The average molecular weight is 379 g/mol. The number of hydrogen-bond acceptors (Lipinski definition) is 3. The van der Waals surface area contributed by atoms with Crippen molar-refractivity contribution < 1.29 is 14.4 Å². The van der Waals surface area contributed by atoms with Gasteiger partial charge in [0.1, 0.15) is 5.69 Å². The predicted octanol–water partition coefficient (Wildman–Crippen LogP) is 2.88. The minimum Gasteiger partial charge on any atom is -0.354 e. The molecular formula is C22H25N3O3. The second-order valence-electron chi connectivity index (χ2n) is 7.66. The van der Waals surface area contributed by atoms with E-state index < -0.39 is 0 Å². The van der Waals surface area contributed by atoms with Crippen molar-refractivity contribution in [3.8, 4) is 0 Å². The third-order valence-electron chi connectivity index (χ3n) is 5.80. The van der Waals surface area contributed by atoms with Crippen LogP contribution in [0.2, 0.25) is 0 Å². The molecule has 2 amide bonds. The second kappa shape index (κ2) is 7.62. The molecule has 2 aromatic rings. The molecule has 2 N–H and O–H groups in total. The summed E-state index contributed by atoms with van der Waals surface area (Å²) in [6.45, 7) is 3.05. The largest absolute Gasteiger partial charge is 0.354 e. The Kier molecular flexibility index (Phi) is 5.03. The molecule has 146 valence electrons. The quantitative estimate of drug-likeness (QED) is 0.860. The molecule has 1 aromatic carbocycles. The number of carbonyl (C=O) groups is 3. The average Bonchev–Trinajstić information content (AvgIpc) is 3.06. The van der Waals surface area contributed by atoms with E-state index in [-0.39, 0.29) is 23.6 Å². The van der Waals surface area contributed by atoms with Gasteiger partial charge in [0.15, 0.2) is 5.78 Å². The van der Waals surface area contributed by atoms with Crippen molar-refractivity contribution in [2.45, 2.75) is 45.1 Å². The molecule has 2 heterocycles. The van der Waals surface area contributed by atoms with Gasteiger partial charge in [0, 0.05) is 42.4 Å². The van der Waals surface area contributed by atoms with Crippen LogP contribution in [0.5, 0.6) is 0 Å². The molecule has 0 saturated carbocycles. The van der Waals surface area contributed by atoms with Crippen LogP contribution in [0, 0.1) is 6.92 Å². The van der Waals surface area contributed by atoms with E-state index >= 15 is 0 Å². The lowest BCUT2D eigenvalue weighted by atomic mass is 9.93. The van der Waals surface area contributed by atoms with Gasteiger partial charge in [-0.1, -0.05) is 18.2 Å². The van der Waals surface area contributed by atoms with E-state index in [2.05, 4.69) is 10.3 Å². The molecule has 6 nitrogen and oxygen atoms in total. The Labute approximate surface area is 164 Å². The molecule has 1 aliphatic heterocycles. The standard InChI is InChI=1S/C22H25N3O3/c1-14-19-17(8-5-9-18(19)26)24-20(14)22(28)25-12-10-16(11-13-25)23-21(27)15-6-3-2-4-7-15/h2-4,6-7,16,24H,5,8-13H2,1H3,(H,23,27). The first-order valence-electron chi connectivity index (χ1n) is 9.94. The zero-order valence-electron chi connectivity index (χ0n) is 16.1. The molecule has 0 unspecified atom stereocenters. The molecule has 0 spiro atoms. The number of nitrogens with zero attached hydrogens (tertiary/aromatic N) is 1. The number of piperidine rings is 1. The molecule has 28 heavy (non-hydrogen) atoms. The number of carbonyl (C=O) groups excluding carboxylic acids is 3. The van der Waals surface area contributed by atoms with Gasteiger partial charge in [-0.05, 0) is 50.3 Å². The molecule has 0 atom stereocenters. The minimum absolute atomic E-state index is 0.0486. The number of fused-ring (bicyclic) bond motifs is 1. The summed E-state index contributed by atoms with van der Waals surface area (Å²) in [6.07, 6.45) is 3.67. The number of likely N-dealkylation sites (tertiary alicyclic amines) is 1. The fourth-order valence-electron chi connectivity index (χ4n) is 4.23. The Hall–Kier alpha value is -2.89. The lowest BCUT2D eigenvalue weighted by Gasteiger charge is -2.32. The molecule has 0 bridgehead atoms. The third kappa shape index (κ3) is 3.46. The highest BCUT2D eigenvalue weighted by molar-refractivity contribution is 6.04. The maximum atomic E-state index is 13.0. The maximum Gasteiger partial charge on any atom is 0.270 e. The number of rotatable bonds is 3. The monoisotopic (exact) mass is 379 g/mol. The summed E-state index contributed by atoms with van der Waals surface area (Å²) >= 11 is 0. The lowest BCUT2D eigenvalue weighted by Crippen LogP contribution is -2.46. The number of aryl methyl sites for hydroxylation is 1. The molecule has 1 saturated heterocycles. The summed E-state index contributed by atoms with van der Waals surface area (Å²) < 4.78 is 0. The molecule has 1 aromatic heterocycles. The van der Waals surface area contributed by atoms with Crippen LogP contribution < -0.4 is 5.32 Å². The molecular weight excluding hydrogens is 354 g/mol. The first kappa shape index (κ1) is 18.5. The third-order valence-corrected chi connectivity index (χ3v) is 5.80. The molecule has 1 aliphatic carbocycles. The van der Waals surface area contributed by atoms with Gasteiger partial charge in [0.25, 0.3) is 11.8 Å². The molecule has 4 rings (SSSR count). The van der Waals surface area contributed by atoms with Gasteiger partial charge in [-0.25, -0.2) is 0 Å². The summed E-state index contributed by atoms with van der Waals surface area (Å²) in [7, 11) is 0. The second-order valence-corrected chi connectivity index (χ2v) is 7.66. The van der Waals surface area contributed by atoms with E-state index in [0.29, 0.717) is 30.8 Å². The van der Waals surface area contributed by atoms with Crippen LogP contribution in [-0.4, -0.2) is 46.6 Å². The maximum absolute atomic E-state index is 13.0. The minimum atomic E-state index is -0.0724. The number of aromatic nitrogens is 1. The Balaban J connectivity index is 1.38. The topological polar surface area (TPSA) is 82.3 Å². The Morgan fingerprint density at radius 2 is 1.82 bits per heavy atom. The van der Waals surface area contributed by atoms with E-state index in [9.17, 15) is 14.4 Å². The Morgan fingerprint density at radius 1 is 1.11 bits per heavy atom. The zero-order chi connectivity index (χ0) is 19.7. The Bertz CT molecular complexity index is 909. The first-order valence-corrected chi connectivity index (χ1v) is 9.94. The molecule has 6 heteroatoms. The highest BCUT2D eigenvalue weighted by Crippen LogP contribution is 2.27. The van der Waals surface area contributed by atoms with Crippen molar-refractivity contribution in [3.05, 3.63) is 58.4 Å². The van der Waals surface area contributed by atoms with Crippen LogP contribution in [0.25, 0.3) is 0 Å². The van der Waals surface area contributed by atoms with Crippen LogP contribution in [0.3, 0.4) is 0 Å². The normalized spacial score (nSPS) is 17.3. The van der Waals surface area contributed by atoms with Gasteiger partial charge in [-0.15, -0.1) is 0 Å². The molecule has 2 aliphatic rings. The van der Waals surface area contributed by atoms with E-state index in [1.165, 1.54) is 0 Å². The van der Waals surface area contributed by atoms with E-state index in [4.69, 9.17) is 0 Å². The van der Waals surface area contributed by atoms with Crippen LogP contribution in [0.1, 0.15) is 68.1 Å². The SMILES string of the molecule is Cc1c(C(=O)N2CCC(NC(=O)c3ccccc3)CC2)[nH]c2c1C(=O)CCC2. The fourth-order valence-corrected chi connectivity index (χ4v) is 4.23. The van der Waals surface area contributed by atoms with E-state index in [0.717, 1.165) is 42.5 Å². The summed E-state index contributed by atoms with van der Waals surface area (Å²) in [5.41, 5.74) is 3.61. The number of amides is 2. The predicted molar refractivity (Wildman–Crippen MR) is 106 cm³/mol. The van der Waals surface area contributed by atoms with Gasteiger partial charge < -0.3 is 15.2 Å². The van der Waals surface area contributed by atoms with Gasteiger partial charge in [0.2, 0.25) is 0 Å². The highest BCUT2D eigenvalue weighted by atomic mass is 16.2. The number of H-pyrrole nitrogens is 1. The van der Waals surface area contributed by atoms with Crippen molar-refractivity contribution in [2.75, 3.05) is 13.1 Å². The number of hydrogen-bond donors (Lipinski definition) is 2. The first-order chi connectivity index (χ1) is 13.5. The Morgan fingerprint density at radius 3 is 2.50 bits per heavy atom. The van der Waals surface area contributed by atoms with E-state index in [1.54, 1.807) is 12.1 Å². The number of ketones is 1. The summed E-state index contributed by atoms with van der Waals surface area (Å²) in [5, 5.41) is 3.06. The van der Waals surface area contributed by atoms with E-state index in [1.807, 2.05) is 30.0 Å². The number of nitrogens with one attached hydrogen (secondary N) is 2. The van der Waals surface area contributed by atoms with Crippen LogP contribution in [-0.2, 0) is 6.42 Å². The van der Waals surface area contributed by atoms with Gasteiger partial charge in [-0.2, -0.15) is 0 Å². The zero-order valence-corrected chi connectivity index (χ0v) is 16.1. The fraction of sp³-hybridized carbons (Fsp3) is 0.409. The highest BCUT2D eigenvalue weighted by Gasteiger charge is 2.30. The summed E-state index contributed by atoms with van der Waals surface area (Å²) in [5.74, 6) is 0.0145. The van der Waals surface area contributed by atoms with Crippen molar-refractivity contribution in [1.82, 2.24) is 15.2 Å². The van der Waals surface area contributed by atoms with Crippen LogP contribution in [0.4, 0.5) is 0 Å². The summed E-state index contributed by atoms with van der Waals surface area (Å²) in [4.78, 5) is 42.5. The number of benzene rings is 1. The summed E-state index contributed by atoms with van der Waals surface area (Å²) in [6, 6.07) is 9.24. The number of Topliss-reactive ketones (excluding diaryl/α,β-unsaturated/α-hetero) is 1. The molecule has 0 radical (unpaired) electrons. The van der Waals surface area contributed by atoms with Gasteiger partial charge in [-0.3, -0.25) is 14.4 Å². The van der Waals surface area contributed by atoms with Crippen LogP contribution >= 0.6 is 0 Å². The van der Waals surface area contributed by atoms with Crippen LogP contribution in [0.15, 0.2) is 30.3 Å². The lowest BCUT2D eigenvalue weighted by molar-refractivity contribution is 0.0692. The van der Waals surface area contributed by atoms with Crippen molar-refractivity contribution in [2.24, 2.45) is 0 Å². The molecule has 1 fully saturated rings. The van der Waals surface area contributed by atoms with Gasteiger partial charge >= 0.3 is 0 Å². The number of aromatic amines is 1. The van der Waals surface area contributed by atoms with Crippen molar-refractivity contribution >= 4 is 17.6 Å². The van der Waals surface area contributed by atoms with Crippen molar-refractivity contribution in [3.63, 3.8) is 0 Å². The smallest absolute Gasteiger partial charge is 0.270 e. The van der Waals surface area contributed by atoms with Gasteiger partial charge in [0.05, 0.1) is 0 Å². The van der Waals surface area contributed by atoms with Crippen molar-refractivity contribution in [1.29, 1.82) is 0 Å².